The lowest BCUT2D eigenvalue weighted by Crippen LogP contribution is -2.39. The molecule has 0 N–H and O–H groups in total. The number of amides is 1. The zero-order chi connectivity index (χ0) is 16.9. The molecule has 1 fully saturated rings. The number of rotatable bonds is 4. The molecule has 126 valence electrons. The zero-order valence-corrected chi connectivity index (χ0v) is 14.4. The van der Waals surface area contributed by atoms with Crippen LogP contribution >= 0.6 is 11.8 Å². The number of benzene rings is 1. The number of thioether (sulfide) groups is 1. The molecule has 1 amide bonds. The van der Waals surface area contributed by atoms with Gasteiger partial charge >= 0.3 is 0 Å². The van der Waals surface area contributed by atoms with Gasteiger partial charge in [0, 0.05) is 25.5 Å². The molecule has 1 aromatic heterocycles. The Bertz CT molecular complexity index is 682. The van der Waals surface area contributed by atoms with Crippen molar-refractivity contribution in [3.63, 3.8) is 0 Å². The average molecular weight is 345 g/mol. The van der Waals surface area contributed by atoms with Crippen LogP contribution in [-0.2, 0) is 6.42 Å². The van der Waals surface area contributed by atoms with Crippen LogP contribution in [0.4, 0.5) is 4.39 Å². The molecule has 0 bridgehead atoms. The van der Waals surface area contributed by atoms with E-state index in [0.29, 0.717) is 16.6 Å². The average Bonchev–Trinajstić information content (AvgIpc) is 2.64. The van der Waals surface area contributed by atoms with Gasteiger partial charge in [-0.3, -0.25) is 4.79 Å². The van der Waals surface area contributed by atoms with Crippen molar-refractivity contribution in [1.82, 2.24) is 14.9 Å². The Morgan fingerprint density at radius 1 is 1.21 bits per heavy atom. The Labute approximate surface area is 145 Å². The van der Waals surface area contributed by atoms with Gasteiger partial charge in [0.1, 0.15) is 5.82 Å². The second-order valence-electron chi connectivity index (χ2n) is 6.02. The van der Waals surface area contributed by atoms with Crippen LogP contribution in [0.2, 0.25) is 0 Å². The van der Waals surface area contributed by atoms with E-state index < -0.39 is 0 Å². The Morgan fingerprint density at radius 3 is 2.42 bits per heavy atom. The molecular weight excluding hydrogens is 325 g/mol. The van der Waals surface area contributed by atoms with Crippen LogP contribution in [-0.4, -0.2) is 40.1 Å². The number of nitrogens with zero attached hydrogens (tertiary/aromatic N) is 3. The highest BCUT2D eigenvalue weighted by molar-refractivity contribution is 7.98. The summed E-state index contributed by atoms with van der Waals surface area (Å²) in [5.74, 6) is 0.339. The number of aromatic nitrogens is 2. The van der Waals surface area contributed by atoms with Gasteiger partial charge in [-0.2, -0.15) is 0 Å². The number of hydrogen-bond acceptors (Lipinski definition) is 4. The minimum atomic E-state index is -0.200. The van der Waals surface area contributed by atoms with E-state index in [2.05, 4.69) is 9.97 Å². The summed E-state index contributed by atoms with van der Waals surface area (Å²) in [5, 5.41) is 0.671. The fourth-order valence-corrected chi connectivity index (χ4v) is 3.32. The topological polar surface area (TPSA) is 46.1 Å². The third kappa shape index (κ3) is 4.12. The van der Waals surface area contributed by atoms with Crippen molar-refractivity contribution >= 4 is 17.7 Å². The van der Waals surface area contributed by atoms with Crippen LogP contribution in [0.5, 0.6) is 0 Å². The van der Waals surface area contributed by atoms with Gasteiger partial charge in [0.05, 0.1) is 5.56 Å². The summed E-state index contributed by atoms with van der Waals surface area (Å²) in [6.45, 7) is 1.49. The van der Waals surface area contributed by atoms with Gasteiger partial charge in [0.2, 0.25) is 0 Å². The first-order valence-electron chi connectivity index (χ1n) is 8.05. The summed E-state index contributed by atoms with van der Waals surface area (Å²) < 4.78 is 13.0. The molecule has 0 spiro atoms. The second kappa shape index (κ2) is 7.75. The third-order valence-corrected chi connectivity index (χ3v) is 4.97. The number of carbonyl (C=O) groups is 1. The van der Waals surface area contributed by atoms with Gasteiger partial charge in [-0.05, 0) is 49.1 Å². The normalized spacial score (nSPS) is 15.5. The molecule has 1 saturated heterocycles. The second-order valence-corrected chi connectivity index (χ2v) is 6.80. The maximum Gasteiger partial charge on any atom is 0.256 e. The largest absolute Gasteiger partial charge is 0.339 e. The lowest BCUT2D eigenvalue weighted by molar-refractivity contribution is 0.0689. The Morgan fingerprint density at radius 2 is 1.83 bits per heavy atom. The number of hydrogen-bond donors (Lipinski definition) is 0. The molecule has 2 heterocycles. The lowest BCUT2D eigenvalue weighted by Gasteiger charge is -2.32. The standard InChI is InChI=1S/C18H20FN3OS/c1-24-18-20-11-15(12-21-18)17(23)22-8-6-14(7-9-22)10-13-2-4-16(19)5-3-13/h2-5,11-12,14H,6-10H2,1H3. The van der Waals surface area contributed by atoms with Crippen LogP contribution in [0.3, 0.4) is 0 Å². The summed E-state index contributed by atoms with van der Waals surface area (Å²) in [4.78, 5) is 22.7. The van der Waals surface area contributed by atoms with Crippen molar-refractivity contribution in [2.45, 2.75) is 24.4 Å². The Hall–Kier alpha value is -1.95. The highest BCUT2D eigenvalue weighted by Crippen LogP contribution is 2.23. The molecular formula is C18H20FN3OS. The molecule has 0 radical (unpaired) electrons. The van der Waals surface area contributed by atoms with Gasteiger partial charge in [0.15, 0.2) is 5.16 Å². The highest BCUT2D eigenvalue weighted by Gasteiger charge is 2.24. The maximum atomic E-state index is 13.0. The smallest absolute Gasteiger partial charge is 0.256 e. The van der Waals surface area contributed by atoms with E-state index in [4.69, 9.17) is 0 Å². The highest BCUT2D eigenvalue weighted by atomic mass is 32.2. The monoisotopic (exact) mass is 345 g/mol. The Balaban J connectivity index is 1.54. The van der Waals surface area contributed by atoms with Crippen molar-refractivity contribution in [2.75, 3.05) is 19.3 Å². The predicted molar refractivity (Wildman–Crippen MR) is 92.5 cm³/mol. The number of likely N-dealkylation sites (tertiary alicyclic amines) is 1. The molecule has 1 aliphatic heterocycles. The van der Waals surface area contributed by atoms with Crippen LogP contribution < -0.4 is 0 Å². The van der Waals surface area contributed by atoms with E-state index in [-0.39, 0.29) is 11.7 Å². The van der Waals surface area contributed by atoms with Crippen LogP contribution in [0.25, 0.3) is 0 Å². The molecule has 1 aliphatic rings. The van der Waals surface area contributed by atoms with Gasteiger partial charge < -0.3 is 4.90 Å². The summed E-state index contributed by atoms with van der Waals surface area (Å²) in [6, 6.07) is 6.70. The number of carbonyl (C=O) groups excluding carboxylic acids is 1. The minimum Gasteiger partial charge on any atom is -0.339 e. The van der Waals surface area contributed by atoms with Crippen LogP contribution in [0, 0.1) is 11.7 Å². The maximum absolute atomic E-state index is 13.0. The van der Waals surface area contributed by atoms with Crippen molar-refractivity contribution in [1.29, 1.82) is 0 Å². The van der Waals surface area contributed by atoms with Gasteiger partial charge in [-0.15, -0.1) is 0 Å². The van der Waals surface area contributed by atoms with Gasteiger partial charge in [-0.1, -0.05) is 23.9 Å². The lowest BCUT2D eigenvalue weighted by atomic mass is 9.90. The van der Waals surface area contributed by atoms with E-state index in [1.165, 1.54) is 23.9 Å². The summed E-state index contributed by atoms with van der Waals surface area (Å²) in [6.07, 6.45) is 7.98. The van der Waals surface area contributed by atoms with Crippen LogP contribution in [0.15, 0.2) is 41.8 Å². The molecule has 1 aromatic carbocycles. The molecule has 6 heteroatoms. The molecule has 4 nitrogen and oxygen atoms in total. The molecule has 0 unspecified atom stereocenters. The van der Waals surface area contributed by atoms with Crippen LogP contribution in [0.1, 0.15) is 28.8 Å². The van der Waals surface area contributed by atoms with E-state index in [9.17, 15) is 9.18 Å². The summed E-state index contributed by atoms with van der Waals surface area (Å²) in [7, 11) is 0. The van der Waals surface area contributed by atoms with Crippen molar-refractivity contribution < 1.29 is 9.18 Å². The summed E-state index contributed by atoms with van der Waals surface area (Å²) >= 11 is 1.46. The van der Waals surface area contributed by atoms with Crippen molar-refractivity contribution in [2.24, 2.45) is 5.92 Å². The minimum absolute atomic E-state index is 0.00267. The third-order valence-electron chi connectivity index (χ3n) is 4.40. The fourth-order valence-electron chi connectivity index (χ4n) is 3.01. The molecule has 2 aromatic rings. The Kier molecular flexibility index (Phi) is 5.45. The van der Waals surface area contributed by atoms with Gasteiger partial charge in [-0.25, -0.2) is 14.4 Å². The molecule has 0 atom stereocenters. The SMILES string of the molecule is CSc1ncc(C(=O)N2CCC(Cc3ccc(F)cc3)CC2)cn1. The molecule has 3 rings (SSSR count). The first kappa shape index (κ1) is 16.9. The number of piperidine rings is 1. The fraction of sp³-hybridized carbons (Fsp3) is 0.389. The van der Waals surface area contributed by atoms with Crippen molar-refractivity contribution in [3.05, 3.63) is 53.6 Å². The quantitative estimate of drug-likeness (QED) is 0.629. The van der Waals surface area contributed by atoms with Gasteiger partial charge in [0.25, 0.3) is 5.91 Å². The van der Waals surface area contributed by atoms with E-state index >= 15 is 0 Å². The molecule has 0 saturated carbocycles. The van der Waals surface area contributed by atoms with E-state index in [1.807, 2.05) is 23.3 Å². The summed E-state index contributed by atoms with van der Waals surface area (Å²) in [5.41, 5.74) is 1.70. The molecule has 0 aliphatic carbocycles. The first-order valence-corrected chi connectivity index (χ1v) is 9.28. The first-order chi connectivity index (χ1) is 11.7. The predicted octanol–water partition coefficient (Wildman–Crippen LogP) is 3.43. The zero-order valence-electron chi connectivity index (χ0n) is 13.6. The van der Waals surface area contributed by atoms with E-state index in [1.54, 1.807) is 12.4 Å². The van der Waals surface area contributed by atoms with E-state index in [0.717, 1.165) is 37.9 Å². The van der Waals surface area contributed by atoms with Crippen molar-refractivity contribution in [3.8, 4) is 0 Å². The number of halogens is 1. The molecule has 24 heavy (non-hydrogen) atoms.